The van der Waals surface area contributed by atoms with Gasteiger partial charge in [-0.3, -0.25) is 0 Å². The van der Waals surface area contributed by atoms with Gasteiger partial charge in [-0.2, -0.15) is 0 Å². The first-order chi connectivity index (χ1) is 18.4. The van der Waals surface area contributed by atoms with E-state index < -0.39 is 27.4 Å². The minimum atomic E-state index is -3.47. The van der Waals surface area contributed by atoms with Gasteiger partial charge in [0.05, 0.1) is 23.1 Å². The van der Waals surface area contributed by atoms with Crippen LogP contribution < -0.4 is 0 Å². The van der Waals surface area contributed by atoms with Gasteiger partial charge in [-0.1, -0.05) is 54.6 Å². The van der Waals surface area contributed by atoms with Crippen LogP contribution in [0.2, 0.25) is 0 Å². The number of nitrogens with zero attached hydrogens (tertiary/aromatic N) is 1. The third kappa shape index (κ3) is 6.97. The minimum Gasteiger partial charge on any atom is -0.465 e. The molecule has 9 nitrogen and oxygen atoms in total. The zero-order valence-electron chi connectivity index (χ0n) is 22.3. The van der Waals surface area contributed by atoms with Gasteiger partial charge in [-0.05, 0) is 61.2 Å². The molecule has 0 heterocycles. The molecule has 0 bridgehead atoms. The van der Waals surface area contributed by atoms with E-state index in [2.05, 4.69) is 10.2 Å². The normalized spacial score (nSPS) is 12.2. The van der Waals surface area contributed by atoms with Gasteiger partial charge >= 0.3 is 11.9 Å². The summed E-state index contributed by atoms with van der Waals surface area (Å²) in [5, 5.41) is 2.38. The number of benzene rings is 3. The molecule has 204 valence electrons. The maximum absolute atomic E-state index is 13.5. The zero-order chi connectivity index (χ0) is 28.8. The summed E-state index contributed by atoms with van der Waals surface area (Å²) in [7, 11) is -2.22. The van der Waals surface area contributed by atoms with Crippen LogP contribution in [0.1, 0.15) is 46.5 Å². The molecule has 10 heteroatoms. The SMILES string of the molecule is COC(=O)/C(=C(/c1ccc(S(C)(=O)=O)cc1)C(C)(C)OC(=O)c1cc(CON=O)ccc1C)c1ccccc1. The summed E-state index contributed by atoms with van der Waals surface area (Å²) in [6, 6.07) is 19.7. The van der Waals surface area contributed by atoms with Crippen molar-refractivity contribution in [2.24, 2.45) is 5.34 Å². The lowest BCUT2D eigenvalue weighted by atomic mass is 9.84. The predicted octanol–water partition coefficient (Wildman–Crippen LogP) is 5.32. The Balaban J connectivity index is 2.21. The fourth-order valence-corrected chi connectivity index (χ4v) is 4.78. The van der Waals surface area contributed by atoms with Crippen molar-refractivity contribution in [3.05, 3.63) is 106 Å². The molecule has 0 amide bonds. The van der Waals surface area contributed by atoms with Crippen molar-refractivity contribution >= 4 is 32.9 Å². The molecule has 0 saturated carbocycles. The summed E-state index contributed by atoms with van der Waals surface area (Å²) >= 11 is 0. The Morgan fingerprint density at radius 1 is 0.923 bits per heavy atom. The van der Waals surface area contributed by atoms with Gasteiger partial charge in [0.15, 0.2) is 15.2 Å². The molecule has 0 aliphatic rings. The van der Waals surface area contributed by atoms with E-state index in [1.165, 1.54) is 19.2 Å². The Labute approximate surface area is 227 Å². The Morgan fingerprint density at radius 2 is 1.56 bits per heavy atom. The number of carbonyl (C=O) groups is 2. The van der Waals surface area contributed by atoms with Gasteiger partial charge in [-0.15, -0.1) is 4.91 Å². The molecular formula is C29H29NO8S. The van der Waals surface area contributed by atoms with Crippen LogP contribution in [0.15, 0.2) is 83.0 Å². The molecule has 3 aromatic carbocycles. The molecule has 0 unspecified atom stereocenters. The third-order valence-electron chi connectivity index (χ3n) is 6.03. The number of sulfone groups is 1. The highest BCUT2D eigenvalue weighted by atomic mass is 32.2. The van der Waals surface area contributed by atoms with Crippen LogP contribution >= 0.6 is 0 Å². The molecule has 0 fully saturated rings. The van der Waals surface area contributed by atoms with Crippen LogP contribution in [0.5, 0.6) is 0 Å². The first-order valence-electron chi connectivity index (χ1n) is 11.9. The van der Waals surface area contributed by atoms with Crippen molar-refractivity contribution in [3.63, 3.8) is 0 Å². The molecule has 0 aliphatic heterocycles. The standard InChI is InChI=1S/C29H29NO8S/c1-19-11-12-20(18-37-30-33)17-24(19)27(31)38-29(2,3)26(22-13-15-23(16-14-22)39(5,34)35)25(28(32)36-4)21-9-7-6-8-10-21/h6-17H,18H2,1-5H3/b26-25-. The van der Waals surface area contributed by atoms with Crippen LogP contribution in [-0.2, 0) is 35.5 Å². The largest absolute Gasteiger partial charge is 0.465 e. The molecule has 0 radical (unpaired) electrons. The van der Waals surface area contributed by atoms with Crippen molar-refractivity contribution in [1.29, 1.82) is 0 Å². The highest BCUT2D eigenvalue weighted by Gasteiger charge is 2.35. The van der Waals surface area contributed by atoms with Gasteiger partial charge in [0.1, 0.15) is 12.2 Å². The summed E-state index contributed by atoms with van der Waals surface area (Å²) in [4.78, 5) is 41.7. The van der Waals surface area contributed by atoms with Crippen LogP contribution in [-0.4, -0.2) is 39.3 Å². The maximum atomic E-state index is 13.5. The second kappa shape index (κ2) is 12.0. The fourth-order valence-electron chi connectivity index (χ4n) is 4.15. The lowest BCUT2D eigenvalue weighted by Gasteiger charge is -2.31. The highest BCUT2D eigenvalue weighted by molar-refractivity contribution is 7.90. The number of rotatable bonds is 10. The molecule has 0 N–H and O–H groups in total. The monoisotopic (exact) mass is 551 g/mol. The van der Waals surface area contributed by atoms with Crippen LogP contribution in [0.3, 0.4) is 0 Å². The van der Waals surface area contributed by atoms with E-state index >= 15 is 0 Å². The lowest BCUT2D eigenvalue weighted by molar-refractivity contribution is -0.133. The summed E-state index contributed by atoms with van der Waals surface area (Å²) in [5.74, 6) is -1.34. The average molecular weight is 552 g/mol. The Kier molecular flexibility index (Phi) is 9.03. The van der Waals surface area contributed by atoms with E-state index in [1.807, 2.05) is 0 Å². The van der Waals surface area contributed by atoms with Crippen molar-refractivity contribution < 1.29 is 32.3 Å². The third-order valence-corrected chi connectivity index (χ3v) is 7.16. The number of carbonyl (C=O) groups excluding carboxylic acids is 2. The van der Waals surface area contributed by atoms with Crippen molar-refractivity contribution in [2.75, 3.05) is 13.4 Å². The smallest absolute Gasteiger partial charge is 0.339 e. The second-order valence-corrected chi connectivity index (χ2v) is 11.3. The Hall–Kier alpha value is -4.31. The molecule has 3 aromatic rings. The first kappa shape index (κ1) is 29.2. The van der Waals surface area contributed by atoms with E-state index in [1.54, 1.807) is 81.4 Å². The second-order valence-electron chi connectivity index (χ2n) is 9.30. The van der Waals surface area contributed by atoms with Crippen molar-refractivity contribution in [2.45, 2.75) is 37.9 Å². The summed E-state index contributed by atoms with van der Waals surface area (Å²) in [5.41, 5.74) is 1.44. The van der Waals surface area contributed by atoms with Crippen molar-refractivity contribution in [3.8, 4) is 0 Å². The minimum absolute atomic E-state index is 0.0965. The average Bonchev–Trinajstić information content (AvgIpc) is 2.90. The number of hydrogen-bond acceptors (Lipinski definition) is 9. The Morgan fingerprint density at radius 3 is 2.13 bits per heavy atom. The zero-order valence-corrected chi connectivity index (χ0v) is 23.1. The first-order valence-corrected chi connectivity index (χ1v) is 13.7. The summed E-state index contributed by atoms with van der Waals surface area (Å²) in [6.07, 6.45) is 1.10. The van der Waals surface area contributed by atoms with Crippen LogP contribution in [0.25, 0.3) is 11.1 Å². The van der Waals surface area contributed by atoms with Gasteiger partial charge in [0.2, 0.25) is 0 Å². The lowest BCUT2D eigenvalue weighted by Crippen LogP contribution is -2.32. The number of aryl methyl sites for hydroxylation is 1. The molecular weight excluding hydrogens is 522 g/mol. The topological polar surface area (TPSA) is 125 Å². The van der Waals surface area contributed by atoms with E-state index in [-0.39, 0.29) is 22.6 Å². The molecule has 0 saturated heterocycles. The highest BCUT2D eigenvalue weighted by Crippen LogP contribution is 2.39. The molecule has 0 aliphatic carbocycles. The summed E-state index contributed by atoms with van der Waals surface area (Å²) in [6.45, 7) is 4.88. The van der Waals surface area contributed by atoms with E-state index in [4.69, 9.17) is 9.47 Å². The summed E-state index contributed by atoms with van der Waals surface area (Å²) < 4.78 is 35.3. The van der Waals surface area contributed by atoms with E-state index in [0.717, 1.165) is 6.26 Å². The quantitative estimate of drug-likeness (QED) is 0.109. The molecule has 0 atom stereocenters. The molecule has 3 rings (SSSR count). The maximum Gasteiger partial charge on any atom is 0.339 e. The molecule has 39 heavy (non-hydrogen) atoms. The van der Waals surface area contributed by atoms with E-state index in [9.17, 15) is 22.9 Å². The van der Waals surface area contributed by atoms with Crippen LogP contribution in [0.4, 0.5) is 0 Å². The van der Waals surface area contributed by atoms with Gasteiger partial charge in [-0.25, -0.2) is 18.0 Å². The van der Waals surface area contributed by atoms with Crippen molar-refractivity contribution in [1.82, 2.24) is 0 Å². The number of hydrogen-bond donors (Lipinski definition) is 0. The van der Waals surface area contributed by atoms with Gasteiger partial charge in [0.25, 0.3) is 0 Å². The van der Waals surface area contributed by atoms with E-state index in [0.29, 0.717) is 27.8 Å². The molecule has 0 spiro atoms. The fraction of sp³-hybridized carbons (Fsp3) is 0.241. The number of methoxy groups -OCH3 is 1. The predicted molar refractivity (Wildman–Crippen MR) is 146 cm³/mol. The number of esters is 2. The van der Waals surface area contributed by atoms with Crippen LogP contribution in [0, 0.1) is 11.8 Å². The molecule has 0 aromatic heterocycles. The van der Waals surface area contributed by atoms with Gasteiger partial charge in [0, 0.05) is 11.8 Å². The van der Waals surface area contributed by atoms with Gasteiger partial charge < -0.3 is 14.3 Å². The Bertz CT molecular complexity index is 1510. The number of ether oxygens (including phenoxy) is 2.